The molecule has 26 heavy (non-hydrogen) atoms. The van der Waals surface area contributed by atoms with Gasteiger partial charge in [-0.25, -0.2) is 4.79 Å². The number of nitrogens with zero attached hydrogens (tertiary/aromatic N) is 1. The molecule has 1 N–H and O–H groups in total. The van der Waals surface area contributed by atoms with Crippen LogP contribution >= 0.6 is 0 Å². The van der Waals surface area contributed by atoms with Crippen LogP contribution in [0.5, 0.6) is 0 Å². The standard InChI is InChI=1S/C22H28N2O2/c1-22(2,3)26-21(25)24-14-13-23-20(16-24)15-17-9-11-19(12-10-17)18-7-5-4-6-8-18/h4-12,20,23H,13-16H2,1-3H3. The first-order valence-electron chi connectivity index (χ1n) is 9.26. The van der Waals surface area contributed by atoms with E-state index in [-0.39, 0.29) is 12.1 Å². The molecule has 0 radical (unpaired) electrons. The van der Waals surface area contributed by atoms with Crippen molar-refractivity contribution in [3.63, 3.8) is 0 Å². The Labute approximate surface area is 156 Å². The van der Waals surface area contributed by atoms with Gasteiger partial charge in [0, 0.05) is 25.7 Å². The fourth-order valence-corrected chi connectivity index (χ4v) is 3.20. The minimum absolute atomic E-state index is 0.219. The van der Waals surface area contributed by atoms with Gasteiger partial charge in [-0.15, -0.1) is 0 Å². The summed E-state index contributed by atoms with van der Waals surface area (Å²) in [7, 11) is 0. The molecule has 0 spiro atoms. The van der Waals surface area contributed by atoms with Gasteiger partial charge in [-0.3, -0.25) is 0 Å². The molecule has 1 unspecified atom stereocenters. The molecule has 0 saturated carbocycles. The zero-order valence-electron chi connectivity index (χ0n) is 15.9. The number of rotatable bonds is 3. The van der Waals surface area contributed by atoms with Gasteiger partial charge in [-0.1, -0.05) is 54.6 Å². The third-order valence-electron chi connectivity index (χ3n) is 4.45. The first kappa shape index (κ1) is 18.5. The lowest BCUT2D eigenvalue weighted by Crippen LogP contribution is -2.54. The SMILES string of the molecule is CC(C)(C)OC(=O)N1CCNC(Cc2ccc(-c3ccccc3)cc2)C1. The van der Waals surface area contributed by atoms with Gasteiger partial charge in [0.15, 0.2) is 0 Å². The Morgan fingerprint density at radius 2 is 1.73 bits per heavy atom. The third kappa shape index (κ3) is 5.09. The Morgan fingerprint density at radius 1 is 1.08 bits per heavy atom. The molecule has 1 fully saturated rings. The number of piperazine rings is 1. The average molecular weight is 352 g/mol. The molecule has 0 aromatic heterocycles. The van der Waals surface area contributed by atoms with E-state index in [1.807, 2.05) is 31.7 Å². The molecule has 2 aromatic carbocycles. The van der Waals surface area contributed by atoms with E-state index in [1.165, 1.54) is 16.7 Å². The number of carbonyl (C=O) groups excluding carboxylic acids is 1. The second-order valence-corrected chi connectivity index (χ2v) is 7.84. The smallest absolute Gasteiger partial charge is 0.410 e. The van der Waals surface area contributed by atoms with Crippen LogP contribution in [0.1, 0.15) is 26.3 Å². The van der Waals surface area contributed by atoms with Gasteiger partial charge in [-0.2, -0.15) is 0 Å². The lowest BCUT2D eigenvalue weighted by Gasteiger charge is -2.35. The second-order valence-electron chi connectivity index (χ2n) is 7.84. The second kappa shape index (κ2) is 7.92. The van der Waals surface area contributed by atoms with Crippen LogP contribution in [0.15, 0.2) is 54.6 Å². The Kier molecular flexibility index (Phi) is 5.62. The van der Waals surface area contributed by atoms with Crippen molar-refractivity contribution in [3.05, 3.63) is 60.2 Å². The summed E-state index contributed by atoms with van der Waals surface area (Å²) in [6.45, 7) is 7.87. The molecule has 1 saturated heterocycles. The van der Waals surface area contributed by atoms with E-state index in [9.17, 15) is 4.79 Å². The fraction of sp³-hybridized carbons (Fsp3) is 0.409. The van der Waals surface area contributed by atoms with Crippen molar-refractivity contribution in [3.8, 4) is 11.1 Å². The number of hydrogen-bond acceptors (Lipinski definition) is 3. The van der Waals surface area contributed by atoms with E-state index in [1.54, 1.807) is 0 Å². The number of nitrogens with one attached hydrogen (secondary N) is 1. The molecule has 1 aliphatic rings. The Bertz CT molecular complexity index is 720. The van der Waals surface area contributed by atoms with Gasteiger partial charge >= 0.3 is 6.09 Å². The number of amides is 1. The lowest BCUT2D eigenvalue weighted by molar-refractivity contribution is 0.0195. The third-order valence-corrected chi connectivity index (χ3v) is 4.45. The summed E-state index contributed by atoms with van der Waals surface area (Å²) >= 11 is 0. The van der Waals surface area contributed by atoms with Crippen molar-refractivity contribution in [2.75, 3.05) is 19.6 Å². The molecule has 0 aliphatic carbocycles. The van der Waals surface area contributed by atoms with E-state index < -0.39 is 5.60 Å². The first-order chi connectivity index (χ1) is 12.4. The first-order valence-corrected chi connectivity index (χ1v) is 9.26. The maximum Gasteiger partial charge on any atom is 0.410 e. The topological polar surface area (TPSA) is 41.6 Å². The van der Waals surface area contributed by atoms with Gasteiger partial charge in [0.25, 0.3) is 0 Å². The monoisotopic (exact) mass is 352 g/mol. The number of benzene rings is 2. The van der Waals surface area contributed by atoms with Gasteiger partial charge < -0.3 is 15.0 Å². The highest BCUT2D eigenvalue weighted by atomic mass is 16.6. The van der Waals surface area contributed by atoms with Crippen molar-refractivity contribution >= 4 is 6.09 Å². The lowest BCUT2D eigenvalue weighted by atomic mass is 10.00. The van der Waals surface area contributed by atoms with Crippen molar-refractivity contribution in [2.24, 2.45) is 0 Å². The highest BCUT2D eigenvalue weighted by Crippen LogP contribution is 2.20. The molecule has 4 heteroatoms. The molecule has 0 bridgehead atoms. The van der Waals surface area contributed by atoms with Gasteiger partial charge in [0.2, 0.25) is 0 Å². The zero-order valence-corrected chi connectivity index (χ0v) is 15.9. The average Bonchev–Trinajstić information content (AvgIpc) is 2.62. The maximum absolute atomic E-state index is 12.3. The summed E-state index contributed by atoms with van der Waals surface area (Å²) in [5, 5.41) is 3.51. The number of carbonyl (C=O) groups is 1. The van der Waals surface area contributed by atoms with Gasteiger partial charge in [0.1, 0.15) is 5.60 Å². The van der Waals surface area contributed by atoms with Crippen LogP contribution in [-0.2, 0) is 11.2 Å². The summed E-state index contributed by atoms with van der Waals surface area (Å²) in [6, 6.07) is 19.3. The molecule has 1 atom stereocenters. The maximum atomic E-state index is 12.3. The Morgan fingerprint density at radius 3 is 2.38 bits per heavy atom. The minimum atomic E-state index is -0.454. The fourth-order valence-electron chi connectivity index (χ4n) is 3.20. The summed E-state index contributed by atoms with van der Waals surface area (Å²) in [4.78, 5) is 14.1. The van der Waals surface area contributed by atoms with Crippen molar-refractivity contribution < 1.29 is 9.53 Å². The molecule has 4 nitrogen and oxygen atoms in total. The van der Waals surface area contributed by atoms with Gasteiger partial charge in [-0.05, 0) is 43.9 Å². The summed E-state index contributed by atoms with van der Waals surface area (Å²) in [5.41, 5.74) is 3.27. The molecule has 3 rings (SSSR count). The van der Waals surface area contributed by atoms with Crippen LogP contribution in [0.4, 0.5) is 4.79 Å². The van der Waals surface area contributed by atoms with E-state index in [0.717, 1.165) is 13.0 Å². The van der Waals surface area contributed by atoms with Crippen LogP contribution in [0.25, 0.3) is 11.1 Å². The Hall–Kier alpha value is -2.33. The van der Waals surface area contributed by atoms with Crippen molar-refractivity contribution in [1.29, 1.82) is 0 Å². The van der Waals surface area contributed by atoms with Crippen LogP contribution in [-0.4, -0.2) is 42.3 Å². The van der Waals surface area contributed by atoms with Crippen molar-refractivity contribution in [1.82, 2.24) is 10.2 Å². The van der Waals surface area contributed by atoms with E-state index >= 15 is 0 Å². The highest BCUT2D eigenvalue weighted by Gasteiger charge is 2.27. The summed E-state index contributed by atoms with van der Waals surface area (Å²) in [5.74, 6) is 0. The molecular weight excluding hydrogens is 324 g/mol. The quantitative estimate of drug-likeness (QED) is 0.904. The molecule has 1 heterocycles. The molecule has 1 aliphatic heterocycles. The normalized spacial score (nSPS) is 17.8. The van der Waals surface area contributed by atoms with E-state index in [2.05, 4.69) is 53.8 Å². The highest BCUT2D eigenvalue weighted by molar-refractivity contribution is 5.68. The van der Waals surface area contributed by atoms with E-state index in [0.29, 0.717) is 13.1 Å². The molecular formula is C22H28N2O2. The van der Waals surface area contributed by atoms with Gasteiger partial charge in [0.05, 0.1) is 0 Å². The summed E-state index contributed by atoms with van der Waals surface area (Å²) in [6.07, 6.45) is 0.678. The predicted molar refractivity (Wildman–Crippen MR) is 105 cm³/mol. The van der Waals surface area contributed by atoms with E-state index in [4.69, 9.17) is 4.74 Å². The minimum Gasteiger partial charge on any atom is -0.444 e. The van der Waals surface area contributed by atoms with Crippen LogP contribution in [0.3, 0.4) is 0 Å². The van der Waals surface area contributed by atoms with Crippen LogP contribution < -0.4 is 5.32 Å². The zero-order chi connectivity index (χ0) is 18.6. The Balaban J connectivity index is 1.59. The number of hydrogen-bond donors (Lipinski definition) is 1. The summed E-state index contributed by atoms with van der Waals surface area (Å²) < 4.78 is 5.50. The van der Waals surface area contributed by atoms with Crippen molar-refractivity contribution in [2.45, 2.75) is 38.8 Å². The van der Waals surface area contributed by atoms with Crippen LogP contribution in [0.2, 0.25) is 0 Å². The molecule has 1 amide bonds. The van der Waals surface area contributed by atoms with Crippen LogP contribution in [0, 0.1) is 0 Å². The number of ether oxygens (including phenoxy) is 1. The molecule has 2 aromatic rings. The largest absolute Gasteiger partial charge is 0.444 e. The predicted octanol–water partition coefficient (Wildman–Crippen LogP) is 4.11. The molecule has 138 valence electrons.